The normalized spacial score (nSPS) is 10.0. The molecule has 18 heavy (non-hydrogen) atoms. The number of amides is 1. The van der Waals surface area contributed by atoms with Gasteiger partial charge in [-0.3, -0.25) is 4.79 Å². The van der Waals surface area contributed by atoms with Crippen LogP contribution in [-0.2, 0) is 0 Å². The summed E-state index contributed by atoms with van der Waals surface area (Å²) in [7, 11) is 0. The van der Waals surface area contributed by atoms with Gasteiger partial charge in [-0.15, -0.1) is 10.2 Å². The minimum Gasteiger partial charge on any atom is -0.492 e. The zero-order valence-corrected chi connectivity index (χ0v) is 10.3. The van der Waals surface area contributed by atoms with Gasteiger partial charge in [0.1, 0.15) is 12.4 Å². The second kappa shape index (κ2) is 5.97. The smallest absolute Gasteiger partial charge is 0.282 e. The number of anilines is 1. The monoisotopic (exact) mass is 264 g/mol. The molecule has 6 nitrogen and oxygen atoms in total. The summed E-state index contributed by atoms with van der Waals surface area (Å²) in [5, 5.41) is 10.4. The van der Waals surface area contributed by atoms with Crippen molar-refractivity contribution in [3.63, 3.8) is 0 Å². The number of nitrogens with zero attached hydrogens (tertiary/aromatic N) is 2. The Morgan fingerprint density at radius 2 is 2.11 bits per heavy atom. The molecule has 0 fully saturated rings. The Bertz CT molecular complexity index is 515. The Morgan fingerprint density at radius 1 is 1.33 bits per heavy atom. The molecule has 2 rings (SSSR count). The van der Waals surface area contributed by atoms with E-state index in [0.29, 0.717) is 13.2 Å². The van der Waals surface area contributed by atoms with Crippen molar-refractivity contribution in [2.75, 3.05) is 18.9 Å². The second-order valence-electron chi connectivity index (χ2n) is 3.36. The van der Waals surface area contributed by atoms with Crippen LogP contribution < -0.4 is 15.8 Å². The Labute approximate surface area is 108 Å². The number of nitrogens with one attached hydrogen (secondary N) is 1. The third-order valence-corrected chi connectivity index (χ3v) is 2.79. The topological polar surface area (TPSA) is 90.1 Å². The lowest BCUT2D eigenvalue weighted by atomic mass is 10.3. The fourth-order valence-electron chi connectivity index (χ4n) is 1.25. The van der Waals surface area contributed by atoms with Gasteiger partial charge in [0.25, 0.3) is 5.91 Å². The summed E-state index contributed by atoms with van der Waals surface area (Å²) in [5.74, 6) is 0.479. The van der Waals surface area contributed by atoms with Crippen LogP contribution in [0, 0.1) is 0 Å². The molecule has 1 aromatic heterocycles. The minimum atomic E-state index is -0.291. The highest BCUT2D eigenvalue weighted by molar-refractivity contribution is 7.16. The van der Waals surface area contributed by atoms with Crippen LogP contribution in [0.25, 0.3) is 0 Å². The Kier molecular flexibility index (Phi) is 4.08. The molecular weight excluding hydrogens is 252 g/mol. The van der Waals surface area contributed by atoms with Gasteiger partial charge in [0.2, 0.25) is 10.1 Å². The predicted molar refractivity (Wildman–Crippen MR) is 68.6 cm³/mol. The Morgan fingerprint density at radius 3 is 2.78 bits per heavy atom. The lowest BCUT2D eigenvalue weighted by Gasteiger charge is -2.06. The quantitative estimate of drug-likeness (QED) is 0.784. The van der Waals surface area contributed by atoms with Crippen molar-refractivity contribution >= 4 is 22.4 Å². The third-order valence-electron chi connectivity index (χ3n) is 2.03. The molecule has 1 heterocycles. The van der Waals surface area contributed by atoms with Crippen LogP contribution in [0.4, 0.5) is 5.13 Å². The van der Waals surface area contributed by atoms with Crippen LogP contribution in [0.3, 0.4) is 0 Å². The van der Waals surface area contributed by atoms with E-state index in [1.165, 1.54) is 0 Å². The number of ether oxygens (including phenoxy) is 1. The zero-order chi connectivity index (χ0) is 12.8. The van der Waals surface area contributed by atoms with Gasteiger partial charge in [-0.05, 0) is 12.1 Å². The lowest BCUT2D eigenvalue weighted by Crippen LogP contribution is -2.28. The number of carbonyl (C=O) groups excluding carboxylic acids is 1. The number of nitrogen functional groups attached to an aromatic ring is 1. The van der Waals surface area contributed by atoms with Crippen LogP contribution in [0.5, 0.6) is 5.75 Å². The number of rotatable bonds is 5. The summed E-state index contributed by atoms with van der Waals surface area (Å²) in [6.45, 7) is 0.789. The standard InChI is InChI=1S/C11H12N4O2S/c12-11-15-14-10(18-11)9(16)13-6-7-17-8-4-2-1-3-5-8/h1-5H,6-7H2,(H2,12,15)(H,13,16). The SMILES string of the molecule is Nc1nnc(C(=O)NCCOc2ccccc2)s1. The first-order valence-electron chi connectivity index (χ1n) is 5.31. The molecule has 0 aliphatic rings. The van der Waals surface area contributed by atoms with E-state index >= 15 is 0 Å². The maximum absolute atomic E-state index is 11.6. The van der Waals surface area contributed by atoms with Gasteiger partial charge in [-0.25, -0.2) is 0 Å². The van der Waals surface area contributed by atoms with E-state index < -0.39 is 0 Å². The van der Waals surface area contributed by atoms with Gasteiger partial charge in [-0.1, -0.05) is 29.5 Å². The minimum absolute atomic E-state index is 0.257. The Balaban J connectivity index is 1.71. The molecule has 0 aliphatic heterocycles. The highest BCUT2D eigenvalue weighted by Gasteiger charge is 2.10. The molecule has 0 unspecified atom stereocenters. The van der Waals surface area contributed by atoms with Crippen molar-refractivity contribution in [2.24, 2.45) is 0 Å². The molecule has 0 spiro atoms. The number of carbonyl (C=O) groups is 1. The van der Waals surface area contributed by atoms with Gasteiger partial charge in [-0.2, -0.15) is 0 Å². The number of aromatic nitrogens is 2. The molecule has 1 aromatic carbocycles. The second-order valence-corrected chi connectivity index (χ2v) is 4.37. The van der Waals surface area contributed by atoms with Crippen molar-refractivity contribution in [1.29, 1.82) is 0 Å². The maximum Gasteiger partial charge on any atom is 0.282 e. The van der Waals surface area contributed by atoms with Crippen molar-refractivity contribution in [1.82, 2.24) is 15.5 Å². The van der Waals surface area contributed by atoms with E-state index in [-0.39, 0.29) is 16.0 Å². The molecule has 0 saturated heterocycles. The average Bonchev–Trinajstić information content (AvgIpc) is 2.82. The first kappa shape index (κ1) is 12.3. The number of hydrogen-bond donors (Lipinski definition) is 2. The summed E-state index contributed by atoms with van der Waals surface area (Å²) < 4.78 is 5.43. The van der Waals surface area contributed by atoms with Gasteiger partial charge in [0, 0.05) is 0 Å². The summed E-state index contributed by atoms with van der Waals surface area (Å²) in [6, 6.07) is 9.39. The van der Waals surface area contributed by atoms with Gasteiger partial charge >= 0.3 is 0 Å². The van der Waals surface area contributed by atoms with Crippen molar-refractivity contribution in [2.45, 2.75) is 0 Å². The molecule has 94 valence electrons. The van der Waals surface area contributed by atoms with Gasteiger partial charge in [0.05, 0.1) is 6.54 Å². The molecule has 0 saturated carbocycles. The Hall–Kier alpha value is -2.15. The molecule has 0 bridgehead atoms. The first-order valence-corrected chi connectivity index (χ1v) is 6.12. The average molecular weight is 264 g/mol. The van der Waals surface area contributed by atoms with Crippen LogP contribution in [0.15, 0.2) is 30.3 Å². The largest absolute Gasteiger partial charge is 0.492 e. The summed E-state index contributed by atoms with van der Waals surface area (Å²) in [5.41, 5.74) is 5.39. The van der Waals surface area contributed by atoms with Gasteiger partial charge in [0.15, 0.2) is 0 Å². The van der Waals surface area contributed by atoms with Gasteiger partial charge < -0.3 is 15.8 Å². The molecule has 0 radical (unpaired) electrons. The van der Waals surface area contributed by atoms with E-state index in [2.05, 4.69) is 15.5 Å². The van der Waals surface area contributed by atoms with Crippen LogP contribution in [-0.4, -0.2) is 29.3 Å². The molecule has 0 aliphatic carbocycles. The summed E-state index contributed by atoms with van der Waals surface area (Å²) in [4.78, 5) is 11.6. The summed E-state index contributed by atoms with van der Waals surface area (Å²) >= 11 is 1.05. The molecule has 0 atom stereocenters. The molecule has 7 heteroatoms. The van der Waals surface area contributed by atoms with E-state index in [9.17, 15) is 4.79 Å². The fourth-order valence-corrected chi connectivity index (χ4v) is 1.78. The summed E-state index contributed by atoms with van der Waals surface area (Å²) in [6.07, 6.45) is 0. The third kappa shape index (κ3) is 3.42. The first-order chi connectivity index (χ1) is 8.75. The van der Waals surface area contributed by atoms with Crippen LogP contribution >= 0.6 is 11.3 Å². The van der Waals surface area contributed by atoms with Crippen molar-refractivity contribution in [3.05, 3.63) is 35.3 Å². The maximum atomic E-state index is 11.6. The molecular formula is C11H12N4O2S. The van der Waals surface area contributed by atoms with Crippen LogP contribution in [0.2, 0.25) is 0 Å². The highest BCUT2D eigenvalue weighted by Crippen LogP contribution is 2.10. The van der Waals surface area contributed by atoms with E-state index in [4.69, 9.17) is 10.5 Å². The fraction of sp³-hybridized carbons (Fsp3) is 0.182. The number of para-hydroxylation sites is 1. The zero-order valence-electron chi connectivity index (χ0n) is 9.50. The van der Waals surface area contributed by atoms with E-state index in [1.807, 2.05) is 30.3 Å². The molecule has 3 N–H and O–H groups in total. The number of hydrogen-bond acceptors (Lipinski definition) is 6. The number of nitrogens with two attached hydrogens (primary N) is 1. The number of benzene rings is 1. The lowest BCUT2D eigenvalue weighted by molar-refractivity contribution is 0.0946. The van der Waals surface area contributed by atoms with E-state index in [1.54, 1.807) is 0 Å². The van der Waals surface area contributed by atoms with Crippen LogP contribution in [0.1, 0.15) is 9.80 Å². The van der Waals surface area contributed by atoms with Crippen molar-refractivity contribution < 1.29 is 9.53 Å². The molecule has 2 aromatic rings. The predicted octanol–water partition coefficient (Wildman–Crippen LogP) is 0.929. The molecule has 1 amide bonds. The van der Waals surface area contributed by atoms with E-state index in [0.717, 1.165) is 17.1 Å². The highest BCUT2D eigenvalue weighted by atomic mass is 32.1. The van der Waals surface area contributed by atoms with Crippen molar-refractivity contribution in [3.8, 4) is 5.75 Å².